The molecular formula is C6H6INiO-. The molecule has 0 bridgehead atoms. The summed E-state index contributed by atoms with van der Waals surface area (Å²) in [5.41, 5.74) is 0. The first-order valence-electron chi connectivity index (χ1n) is 2.08. The minimum absolute atomic E-state index is 0. The third-order valence-corrected chi connectivity index (χ3v) is 0.586. The largest absolute Gasteiger partial charge is 0.273 e. The van der Waals surface area contributed by atoms with Crippen molar-refractivity contribution in [2.75, 3.05) is 0 Å². The van der Waals surface area contributed by atoms with Crippen molar-refractivity contribution in [3.05, 3.63) is 24.3 Å². The third-order valence-electron chi connectivity index (χ3n) is 0.586. The molecule has 0 saturated heterocycles. The zero-order valence-electron chi connectivity index (χ0n) is 4.57. The Hall–Kier alpha value is 0.284. The van der Waals surface area contributed by atoms with Crippen molar-refractivity contribution in [1.29, 1.82) is 0 Å². The van der Waals surface area contributed by atoms with Gasteiger partial charge in [-0.25, -0.2) is 12.2 Å². The Bertz CT molecular complexity index is 124. The predicted octanol–water partition coefficient (Wildman–Crippen LogP) is 1.52. The van der Waals surface area contributed by atoms with Crippen LogP contribution in [0, 0.1) is 6.08 Å². The molecule has 54 valence electrons. The van der Waals surface area contributed by atoms with Crippen LogP contribution in [-0.2, 0) is 19.8 Å². The number of hydrogen-bond acceptors (Lipinski definition) is 1. The molecule has 1 aliphatic rings. The predicted molar refractivity (Wildman–Crippen MR) is 42.7 cm³/mol. The second-order valence-corrected chi connectivity index (χ2v) is 1.27. The van der Waals surface area contributed by atoms with E-state index in [9.17, 15) is 0 Å². The van der Waals surface area contributed by atoms with Gasteiger partial charge in [0.05, 0.1) is 0 Å². The molecule has 0 amide bonds. The van der Waals surface area contributed by atoms with Crippen molar-refractivity contribution in [3.8, 4) is 0 Å². The Balaban J connectivity index is 0. The summed E-state index contributed by atoms with van der Waals surface area (Å²) in [4.78, 5) is 9.64. The maximum absolute atomic E-state index is 8.51. The normalized spacial score (nSPS) is 10.9. The SMILES string of the molecule is I.O=[C]=[Ni].[C-]1=CC=CC1. The van der Waals surface area contributed by atoms with Crippen LogP contribution < -0.4 is 0 Å². The molecule has 3 heteroatoms. The molecule has 0 radical (unpaired) electrons. The zero-order valence-corrected chi connectivity index (χ0v) is 7.89. The molecule has 9 heavy (non-hydrogen) atoms. The summed E-state index contributed by atoms with van der Waals surface area (Å²) in [7, 11) is 0. The fourth-order valence-electron chi connectivity index (χ4n) is 0.340. The van der Waals surface area contributed by atoms with Gasteiger partial charge in [0.25, 0.3) is 0 Å². The van der Waals surface area contributed by atoms with Gasteiger partial charge in [-0.2, -0.15) is 6.08 Å². The van der Waals surface area contributed by atoms with Crippen LogP contribution in [-0.4, -0.2) is 4.86 Å². The zero-order chi connectivity index (χ0) is 6.24. The van der Waals surface area contributed by atoms with Gasteiger partial charge < -0.3 is 0 Å². The Labute approximate surface area is 79.1 Å². The molecule has 0 atom stereocenters. The maximum atomic E-state index is 8.51. The standard InChI is InChI=1S/C5H5.CO.HI.Ni/c1-2-4-5-3-1;1-2;;/h1-3H,4H2;;1H;/q-1;;;. The average Bonchev–Trinajstić information content (AvgIpc) is 2.17. The molecule has 0 heterocycles. The van der Waals surface area contributed by atoms with Crippen molar-refractivity contribution >= 4 is 28.8 Å². The summed E-state index contributed by atoms with van der Waals surface area (Å²) in [6, 6.07) is 0. The van der Waals surface area contributed by atoms with E-state index in [1.165, 1.54) is 0 Å². The minimum atomic E-state index is 0. The van der Waals surface area contributed by atoms with Crippen LogP contribution in [0.2, 0.25) is 0 Å². The molecular weight excluding hydrogens is 274 g/mol. The molecule has 0 unspecified atom stereocenters. The van der Waals surface area contributed by atoms with E-state index in [0.717, 1.165) is 11.3 Å². The summed E-state index contributed by atoms with van der Waals surface area (Å²) >= 11 is 3.36. The number of allylic oxidation sites excluding steroid dienone is 4. The molecule has 0 fully saturated rings. The van der Waals surface area contributed by atoms with Gasteiger partial charge >= 0.3 is 24.7 Å². The van der Waals surface area contributed by atoms with Crippen molar-refractivity contribution < 1.29 is 19.8 Å². The van der Waals surface area contributed by atoms with E-state index in [2.05, 4.69) is 27.2 Å². The van der Waals surface area contributed by atoms with Crippen molar-refractivity contribution in [1.82, 2.24) is 0 Å². The Kier molecular flexibility index (Phi) is 14.8. The molecule has 0 spiro atoms. The van der Waals surface area contributed by atoms with E-state index < -0.39 is 0 Å². The van der Waals surface area contributed by atoms with Gasteiger partial charge in [0, 0.05) is 0 Å². The minimum Gasteiger partial charge on any atom is -0.273 e. The number of carbonyl (C=O) groups excluding carboxylic acids is 1. The molecule has 0 saturated carbocycles. The maximum Gasteiger partial charge on any atom is -0.109 e. The van der Waals surface area contributed by atoms with E-state index in [4.69, 9.17) is 4.79 Å². The second kappa shape index (κ2) is 11.1. The van der Waals surface area contributed by atoms with Crippen LogP contribution >= 0.6 is 24.0 Å². The Morgan fingerprint density at radius 3 is 2.33 bits per heavy atom. The van der Waals surface area contributed by atoms with Crippen LogP contribution in [0.25, 0.3) is 0 Å². The van der Waals surface area contributed by atoms with Gasteiger partial charge in [-0.05, 0) is 0 Å². The summed E-state index contributed by atoms with van der Waals surface area (Å²) < 4.78 is 0. The monoisotopic (exact) mass is 279 g/mol. The quantitative estimate of drug-likeness (QED) is 0.373. The second-order valence-electron chi connectivity index (χ2n) is 1.07. The van der Waals surface area contributed by atoms with Crippen LogP contribution in [0.1, 0.15) is 6.42 Å². The molecule has 1 nitrogen and oxygen atoms in total. The van der Waals surface area contributed by atoms with E-state index in [0.29, 0.717) is 0 Å². The van der Waals surface area contributed by atoms with Crippen LogP contribution in [0.3, 0.4) is 0 Å². The van der Waals surface area contributed by atoms with Gasteiger partial charge in [0.2, 0.25) is 0 Å². The Morgan fingerprint density at radius 1 is 1.67 bits per heavy atom. The van der Waals surface area contributed by atoms with Gasteiger partial charge in [0.1, 0.15) is 0 Å². The first kappa shape index (κ1) is 12.0. The topological polar surface area (TPSA) is 17.1 Å². The fraction of sp³-hybridized carbons (Fsp3) is 0.167. The first-order chi connectivity index (χ1) is 3.91. The van der Waals surface area contributed by atoms with Crippen molar-refractivity contribution in [2.24, 2.45) is 0 Å². The number of halogens is 1. The van der Waals surface area contributed by atoms with E-state index >= 15 is 0 Å². The third kappa shape index (κ3) is 11.7. The van der Waals surface area contributed by atoms with Gasteiger partial charge in [-0.1, -0.05) is 0 Å². The molecule has 0 N–H and O–H groups in total. The van der Waals surface area contributed by atoms with E-state index in [1.807, 2.05) is 12.2 Å². The number of hydrogen-bond donors (Lipinski definition) is 0. The summed E-state index contributed by atoms with van der Waals surface area (Å²) in [5.74, 6) is 0. The fourth-order valence-corrected chi connectivity index (χ4v) is 0.340. The van der Waals surface area contributed by atoms with Crippen molar-refractivity contribution in [3.63, 3.8) is 0 Å². The van der Waals surface area contributed by atoms with E-state index in [1.54, 1.807) is 0 Å². The molecule has 0 aliphatic heterocycles. The first-order valence-corrected chi connectivity index (χ1v) is 2.57. The molecule has 0 aromatic rings. The number of rotatable bonds is 0. The summed E-state index contributed by atoms with van der Waals surface area (Å²) in [6.45, 7) is 0. The van der Waals surface area contributed by atoms with Gasteiger partial charge in [0.15, 0.2) is 0 Å². The van der Waals surface area contributed by atoms with Crippen molar-refractivity contribution in [2.45, 2.75) is 6.42 Å². The van der Waals surface area contributed by atoms with Crippen LogP contribution in [0.4, 0.5) is 0 Å². The van der Waals surface area contributed by atoms with Gasteiger partial charge in [-0.3, -0.25) is 6.08 Å². The molecule has 0 aromatic heterocycles. The summed E-state index contributed by atoms with van der Waals surface area (Å²) in [6.07, 6.45) is 10.0. The van der Waals surface area contributed by atoms with Crippen LogP contribution in [0.15, 0.2) is 18.2 Å². The molecule has 1 rings (SSSR count). The molecule has 0 aromatic carbocycles. The van der Waals surface area contributed by atoms with Crippen LogP contribution in [0.5, 0.6) is 0 Å². The average molecular weight is 280 g/mol. The Morgan fingerprint density at radius 2 is 2.22 bits per heavy atom. The van der Waals surface area contributed by atoms with Gasteiger partial charge in [-0.15, -0.1) is 30.4 Å². The molecule has 1 aliphatic carbocycles. The smallest absolute Gasteiger partial charge is 0.109 e. The summed E-state index contributed by atoms with van der Waals surface area (Å²) in [5, 5.41) is 0. The van der Waals surface area contributed by atoms with E-state index in [-0.39, 0.29) is 24.0 Å².